The van der Waals surface area contributed by atoms with Crippen molar-refractivity contribution in [1.82, 2.24) is 15.3 Å². The molecule has 6 heteroatoms. The van der Waals surface area contributed by atoms with Gasteiger partial charge in [-0.1, -0.05) is 0 Å². The van der Waals surface area contributed by atoms with Gasteiger partial charge >= 0.3 is 0 Å². The van der Waals surface area contributed by atoms with Crippen LogP contribution in [0.25, 0.3) is 11.0 Å². The second kappa shape index (κ2) is 5.70. The number of fused-ring (bicyclic) bond motifs is 1. The number of carbonyl (C=O) groups excluding carboxylic acids is 1. The first kappa shape index (κ1) is 13.2. The lowest BCUT2D eigenvalue weighted by Crippen LogP contribution is -2.24. The van der Waals surface area contributed by atoms with Crippen molar-refractivity contribution in [3.05, 3.63) is 48.2 Å². The molecule has 6 nitrogen and oxygen atoms in total. The number of imidazole rings is 1. The van der Waals surface area contributed by atoms with Crippen LogP contribution in [0.4, 0.5) is 5.69 Å². The predicted molar refractivity (Wildman–Crippen MR) is 79.9 cm³/mol. The zero-order valence-electron chi connectivity index (χ0n) is 11.4. The minimum Gasteiger partial charge on any atom is -0.451 e. The maximum atomic E-state index is 12.0. The third kappa shape index (κ3) is 3.05. The van der Waals surface area contributed by atoms with E-state index < -0.39 is 0 Å². The standard InChI is InChI=1S/C15H16N4O2/c16-11-3-4-12-10(8-11)9-13(21-12)15(20)19-5-1-2-14-17-6-7-18-14/h3-4,6-9H,1-2,5,16H2,(H,17,18)(H,19,20). The number of nitrogen functional groups attached to an aromatic ring is 1. The van der Waals surface area contributed by atoms with Crippen LogP contribution in [0.15, 0.2) is 41.1 Å². The van der Waals surface area contributed by atoms with Crippen molar-refractivity contribution in [3.63, 3.8) is 0 Å². The lowest BCUT2D eigenvalue weighted by atomic mass is 10.2. The third-order valence-corrected chi connectivity index (χ3v) is 3.19. The number of anilines is 1. The number of carbonyl (C=O) groups is 1. The van der Waals surface area contributed by atoms with Gasteiger partial charge in [-0.05, 0) is 30.7 Å². The lowest BCUT2D eigenvalue weighted by Gasteiger charge is -2.01. The third-order valence-electron chi connectivity index (χ3n) is 3.19. The molecule has 0 radical (unpaired) electrons. The number of H-pyrrole nitrogens is 1. The van der Waals surface area contributed by atoms with Gasteiger partial charge in [0.2, 0.25) is 0 Å². The van der Waals surface area contributed by atoms with Crippen LogP contribution in [0.3, 0.4) is 0 Å². The number of aromatic nitrogens is 2. The van der Waals surface area contributed by atoms with Crippen LogP contribution < -0.4 is 11.1 Å². The van der Waals surface area contributed by atoms with E-state index in [1.165, 1.54) is 0 Å². The fraction of sp³-hybridized carbons (Fsp3) is 0.200. The highest BCUT2D eigenvalue weighted by Gasteiger charge is 2.11. The van der Waals surface area contributed by atoms with Crippen molar-refractivity contribution < 1.29 is 9.21 Å². The predicted octanol–water partition coefficient (Wildman–Crippen LogP) is 2.10. The van der Waals surface area contributed by atoms with E-state index in [0.29, 0.717) is 23.6 Å². The summed E-state index contributed by atoms with van der Waals surface area (Å²) in [5.41, 5.74) is 7.01. The van der Waals surface area contributed by atoms with Gasteiger partial charge in [-0.3, -0.25) is 4.79 Å². The number of aryl methyl sites for hydroxylation is 1. The largest absolute Gasteiger partial charge is 0.451 e. The molecule has 3 aromatic rings. The van der Waals surface area contributed by atoms with Gasteiger partial charge in [-0.2, -0.15) is 0 Å². The first-order valence-electron chi connectivity index (χ1n) is 6.78. The number of rotatable bonds is 5. The molecule has 2 heterocycles. The Morgan fingerprint density at radius 3 is 3.10 bits per heavy atom. The highest BCUT2D eigenvalue weighted by atomic mass is 16.3. The van der Waals surface area contributed by atoms with Crippen molar-refractivity contribution in [2.75, 3.05) is 12.3 Å². The molecule has 21 heavy (non-hydrogen) atoms. The van der Waals surface area contributed by atoms with E-state index in [1.54, 1.807) is 36.7 Å². The number of nitrogens with zero attached hydrogens (tertiary/aromatic N) is 1. The molecule has 0 aliphatic heterocycles. The molecule has 1 aromatic carbocycles. The number of hydrogen-bond acceptors (Lipinski definition) is 4. The molecule has 1 amide bonds. The fourth-order valence-corrected chi connectivity index (χ4v) is 2.15. The maximum Gasteiger partial charge on any atom is 0.287 e. The van der Waals surface area contributed by atoms with E-state index in [9.17, 15) is 4.79 Å². The summed E-state index contributed by atoms with van der Waals surface area (Å²) in [6.45, 7) is 0.568. The van der Waals surface area contributed by atoms with E-state index in [1.807, 2.05) is 0 Å². The highest BCUT2D eigenvalue weighted by molar-refractivity contribution is 5.96. The van der Waals surface area contributed by atoms with Crippen LogP contribution in [0.1, 0.15) is 22.8 Å². The number of benzene rings is 1. The molecule has 108 valence electrons. The Morgan fingerprint density at radius 2 is 2.29 bits per heavy atom. The molecule has 2 aromatic heterocycles. The smallest absolute Gasteiger partial charge is 0.287 e. The van der Waals surface area contributed by atoms with E-state index >= 15 is 0 Å². The van der Waals surface area contributed by atoms with Crippen molar-refractivity contribution in [2.24, 2.45) is 0 Å². The molecule has 0 aliphatic rings. The molecule has 0 spiro atoms. The molecular weight excluding hydrogens is 268 g/mol. The summed E-state index contributed by atoms with van der Waals surface area (Å²) < 4.78 is 5.50. The van der Waals surface area contributed by atoms with Gasteiger partial charge in [0, 0.05) is 36.4 Å². The van der Waals surface area contributed by atoms with Crippen LogP contribution in [0.5, 0.6) is 0 Å². The quantitative estimate of drug-likeness (QED) is 0.493. The first-order valence-corrected chi connectivity index (χ1v) is 6.78. The molecule has 0 bridgehead atoms. The van der Waals surface area contributed by atoms with Crippen LogP contribution >= 0.6 is 0 Å². The average molecular weight is 284 g/mol. The van der Waals surface area contributed by atoms with Crippen molar-refractivity contribution in [2.45, 2.75) is 12.8 Å². The lowest BCUT2D eigenvalue weighted by molar-refractivity contribution is 0.0927. The summed E-state index contributed by atoms with van der Waals surface area (Å²) in [5, 5.41) is 3.66. The number of hydrogen-bond donors (Lipinski definition) is 3. The Hall–Kier alpha value is -2.76. The van der Waals surface area contributed by atoms with Crippen molar-refractivity contribution in [3.8, 4) is 0 Å². The molecule has 3 rings (SSSR count). The van der Waals surface area contributed by atoms with Gasteiger partial charge in [-0.25, -0.2) is 4.98 Å². The first-order chi connectivity index (χ1) is 10.2. The summed E-state index contributed by atoms with van der Waals surface area (Å²) >= 11 is 0. The van der Waals surface area contributed by atoms with Gasteiger partial charge in [0.05, 0.1) is 0 Å². The van der Waals surface area contributed by atoms with Crippen molar-refractivity contribution in [1.29, 1.82) is 0 Å². The second-order valence-electron chi connectivity index (χ2n) is 4.80. The van der Waals surface area contributed by atoms with Gasteiger partial charge in [0.25, 0.3) is 5.91 Å². The Bertz CT molecular complexity index is 746. The molecule has 4 N–H and O–H groups in total. The number of aromatic amines is 1. The Kier molecular flexibility index (Phi) is 3.59. The fourth-order valence-electron chi connectivity index (χ4n) is 2.15. The molecule has 0 unspecified atom stereocenters. The normalized spacial score (nSPS) is 10.9. The Morgan fingerprint density at radius 1 is 1.38 bits per heavy atom. The number of nitrogens with one attached hydrogen (secondary N) is 2. The maximum absolute atomic E-state index is 12.0. The number of furan rings is 1. The molecule has 0 fully saturated rings. The number of amides is 1. The minimum atomic E-state index is -0.218. The second-order valence-corrected chi connectivity index (χ2v) is 4.80. The van der Waals surface area contributed by atoms with E-state index in [-0.39, 0.29) is 5.91 Å². The average Bonchev–Trinajstić information content (AvgIpc) is 3.11. The molecule has 0 saturated carbocycles. The van der Waals surface area contributed by atoms with Gasteiger partial charge < -0.3 is 20.5 Å². The van der Waals surface area contributed by atoms with Gasteiger partial charge in [0.15, 0.2) is 5.76 Å². The summed E-state index contributed by atoms with van der Waals surface area (Å²) in [6.07, 6.45) is 5.11. The molecule has 0 saturated heterocycles. The zero-order valence-corrected chi connectivity index (χ0v) is 11.4. The minimum absolute atomic E-state index is 0.218. The monoisotopic (exact) mass is 284 g/mol. The molecule has 0 atom stereocenters. The summed E-state index contributed by atoms with van der Waals surface area (Å²) in [6, 6.07) is 7.00. The topological polar surface area (TPSA) is 96.9 Å². The van der Waals surface area contributed by atoms with Crippen molar-refractivity contribution >= 4 is 22.6 Å². The summed E-state index contributed by atoms with van der Waals surface area (Å²) in [5.74, 6) is 1.00. The molecule has 0 aliphatic carbocycles. The zero-order chi connectivity index (χ0) is 14.7. The SMILES string of the molecule is Nc1ccc2oc(C(=O)NCCCc3ncc[nH]3)cc2c1. The number of nitrogens with two attached hydrogens (primary N) is 1. The van der Waals surface area contributed by atoms with E-state index in [4.69, 9.17) is 10.2 Å². The van der Waals surface area contributed by atoms with E-state index in [0.717, 1.165) is 24.1 Å². The van der Waals surface area contributed by atoms with Crippen LogP contribution in [0.2, 0.25) is 0 Å². The Labute approximate surface area is 121 Å². The highest BCUT2D eigenvalue weighted by Crippen LogP contribution is 2.21. The van der Waals surface area contributed by atoms with Crippen LogP contribution in [-0.4, -0.2) is 22.4 Å². The Balaban J connectivity index is 1.56. The summed E-state index contributed by atoms with van der Waals surface area (Å²) in [7, 11) is 0. The van der Waals surface area contributed by atoms with Gasteiger partial charge in [0.1, 0.15) is 11.4 Å². The van der Waals surface area contributed by atoms with Crippen LogP contribution in [0, 0.1) is 0 Å². The molecular formula is C15H16N4O2. The van der Waals surface area contributed by atoms with Crippen LogP contribution in [-0.2, 0) is 6.42 Å². The summed E-state index contributed by atoms with van der Waals surface area (Å²) in [4.78, 5) is 19.2. The van der Waals surface area contributed by atoms with E-state index in [2.05, 4.69) is 15.3 Å². The van der Waals surface area contributed by atoms with Gasteiger partial charge in [-0.15, -0.1) is 0 Å².